The Bertz CT molecular complexity index is 928. The number of hydrogen-bond acceptors (Lipinski definition) is 2. The second-order valence-corrected chi connectivity index (χ2v) is 10.1. The first kappa shape index (κ1) is 29.0. The van der Waals surface area contributed by atoms with Crippen LogP contribution in [-0.4, -0.2) is 11.6 Å². The van der Waals surface area contributed by atoms with Crippen molar-refractivity contribution in [1.82, 2.24) is 0 Å². The van der Waals surface area contributed by atoms with Gasteiger partial charge in [0, 0.05) is 12.0 Å². The van der Waals surface area contributed by atoms with Crippen LogP contribution in [0.2, 0.25) is 0 Å². The highest BCUT2D eigenvalue weighted by atomic mass is 16.2. The molecule has 2 heteroatoms. The molecule has 0 amide bonds. The second kappa shape index (κ2) is 15.0. The Hall–Kier alpha value is -2.22. The van der Waals surface area contributed by atoms with Gasteiger partial charge in [-0.25, -0.2) is 0 Å². The number of rotatable bonds is 16. The molecule has 2 rings (SSSR count). The summed E-state index contributed by atoms with van der Waals surface area (Å²) >= 11 is 0. The van der Waals surface area contributed by atoms with E-state index in [1.54, 1.807) is 0 Å². The minimum atomic E-state index is -0.305. The predicted molar refractivity (Wildman–Crippen MR) is 150 cm³/mol. The van der Waals surface area contributed by atoms with E-state index in [2.05, 4.69) is 47.6 Å². The lowest BCUT2D eigenvalue weighted by molar-refractivity contribution is -0.114. The summed E-state index contributed by atoms with van der Waals surface area (Å²) in [6.07, 6.45) is 10.0. The Morgan fingerprint density at radius 2 is 1.14 bits per heavy atom. The average Bonchev–Trinajstić information content (AvgIpc) is 2.88. The van der Waals surface area contributed by atoms with Crippen LogP contribution in [0, 0.1) is 0 Å². The van der Waals surface area contributed by atoms with Gasteiger partial charge in [0.15, 0.2) is 0 Å². The maximum Gasteiger partial charge on any atom is 0.229 e. The molecule has 0 radical (unpaired) electrons. The summed E-state index contributed by atoms with van der Waals surface area (Å²) in [4.78, 5) is 27.0. The monoisotopic (exact) mass is 476 g/mol. The molecule has 0 saturated heterocycles. The molecule has 0 N–H and O–H groups in total. The fourth-order valence-electron chi connectivity index (χ4n) is 5.84. The van der Waals surface area contributed by atoms with Crippen molar-refractivity contribution in [3.63, 3.8) is 0 Å². The van der Waals surface area contributed by atoms with Crippen LogP contribution in [0.25, 0.3) is 0 Å². The minimum Gasteiger partial charge on any atom is -0.290 e. The van der Waals surface area contributed by atoms with Gasteiger partial charge in [-0.2, -0.15) is 0 Å². The van der Waals surface area contributed by atoms with E-state index >= 15 is 0 Å². The molecule has 0 spiro atoms. The Balaban J connectivity index is 2.74. The molecule has 2 nitrogen and oxygen atoms in total. The lowest BCUT2D eigenvalue weighted by Crippen LogP contribution is -2.22. The molecule has 35 heavy (non-hydrogen) atoms. The molecule has 0 aliphatic carbocycles. The Labute approximate surface area is 214 Å². The van der Waals surface area contributed by atoms with Gasteiger partial charge in [-0.15, -0.1) is 0 Å². The third-order valence-electron chi connectivity index (χ3n) is 7.67. The number of hydrogen-bond donors (Lipinski definition) is 0. The molecule has 0 aromatic heterocycles. The normalized spacial score (nSPS) is 13.9. The second-order valence-electron chi connectivity index (χ2n) is 10.1. The van der Waals surface area contributed by atoms with Gasteiger partial charge in [0.05, 0.1) is 0 Å². The molecule has 2 aromatic rings. The smallest absolute Gasteiger partial charge is 0.229 e. The van der Waals surface area contributed by atoms with Crippen molar-refractivity contribution in [3.05, 3.63) is 70.3 Å². The first-order valence-electron chi connectivity index (χ1n) is 14.2. The van der Waals surface area contributed by atoms with Crippen LogP contribution in [-0.2, 0) is 11.2 Å². The van der Waals surface area contributed by atoms with Crippen LogP contribution in [0.4, 0.5) is 0 Å². The van der Waals surface area contributed by atoms with E-state index in [0.717, 1.165) is 63.4 Å². The number of benzene rings is 2. The maximum atomic E-state index is 13.7. The van der Waals surface area contributed by atoms with Gasteiger partial charge in [-0.1, -0.05) is 103 Å². The average molecular weight is 477 g/mol. The lowest BCUT2D eigenvalue weighted by Gasteiger charge is -2.31. The summed E-state index contributed by atoms with van der Waals surface area (Å²) in [5, 5.41) is 0. The summed E-state index contributed by atoms with van der Waals surface area (Å²) < 4.78 is 0. The fraction of sp³-hybridized carbons (Fsp3) is 0.576. The summed E-state index contributed by atoms with van der Waals surface area (Å²) in [6.45, 7) is 13.6. The van der Waals surface area contributed by atoms with Gasteiger partial charge >= 0.3 is 0 Å². The van der Waals surface area contributed by atoms with Crippen molar-refractivity contribution in [2.45, 2.75) is 124 Å². The predicted octanol–water partition coefficient (Wildman–Crippen LogP) is 9.56. The molecule has 3 atom stereocenters. The van der Waals surface area contributed by atoms with Crippen LogP contribution in [0.1, 0.15) is 150 Å². The highest BCUT2D eigenvalue weighted by Crippen LogP contribution is 2.43. The largest absolute Gasteiger partial charge is 0.290 e. The van der Waals surface area contributed by atoms with E-state index in [0.29, 0.717) is 23.3 Å². The molecule has 3 unspecified atom stereocenters. The molecule has 192 valence electrons. The Kier molecular flexibility index (Phi) is 12.4. The Morgan fingerprint density at radius 1 is 0.629 bits per heavy atom. The molecule has 0 fully saturated rings. The molecule has 2 aromatic carbocycles. The number of ketones is 2. The van der Waals surface area contributed by atoms with Crippen LogP contribution >= 0.6 is 0 Å². The topological polar surface area (TPSA) is 34.1 Å². The molecule has 0 aliphatic rings. The van der Waals surface area contributed by atoms with Gasteiger partial charge < -0.3 is 0 Å². The van der Waals surface area contributed by atoms with Crippen LogP contribution < -0.4 is 0 Å². The van der Waals surface area contributed by atoms with Crippen molar-refractivity contribution < 1.29 is 9.59 Å². The maximum absolute atomic E-state index is 13.7. The summed E-state index contributed by atoms with van der Waals surface area (Å²) in [5.41, 5.74) is 5.62. The van der Waals surface area contributed by atoms with E-state index in [1.807, 2.05) is 36.4 Å². The van der Waals surface area contributed by atoms with E-state index in [1.165, 1.54) is 16.7 Å². The molecule has 0 saturated carbocycles. The SMILES string of the molecule is CCCC(CC)c1ccc(C(=O)C(=O)Cc2ccccc2)c(C(CC)CCC)c1C(CC)CCC. The number of carbonyl (C=O) groups is 2. The quantitative estimate of drug-likeness (QED) is 0.178. The van der Waals surface area contributed by atoms with Crippen LogP contribution in [0.3, 0.4) is 0 Å². The number of carbonyl (C=O) groups excluding carboxylic acids is 2. The van der Waals surface area contributed by atoms with Gasteiger partial charge in [-0.05, 0) is 78.5 Å². The van der Waals surface area contributed by atoms with Gasteiger partial charge in [0.1, 0.15) is 0 Å². The zero-order valence-electron chi connectivity index (χ0n) is 23.2. The van der Waals surface area contributed by atoms with Gasteiger partial charge in [-0.3, -0.25) is 9.59 Å². The standard InChI is InChI=1S/C33H48O2/c1-7-16-25(10-4)28-21-22-29(33(35)30(34)23-24-19-14-13-15-20-24)32(27(12-6)18-9-3)31(28)26(11-5)17-8-2/h13-15,19-22,25-27H,7-12,16-18,23H2,1-6H3. The van der Waals surface area contributed by atoms with Crippen molar-refractivity contribution in [2.75, 3.05) is 0 Å². The van der Waals surface area contributed by atoms with E-state index in [9.17, 15) is 9.59 Å². The third-order valence-corrected chi connectivity index (χ3v) is 7.67. The van der Waals surface area contributed by atoms with Crippen molar-refractivity contribution in [1.29, 1.82) is 0 Å². The van der Waals surface area contributed by atoms with Crippen LogP contribution in [0.5, 0.6) is 0 Å². The fourth-order valence-corrected chi connectivity index (χ4v) is 5.84. The zero-order chi connectivity index (χ0) is 25.8. The summed E-state index contributed by atoms with van der Waals surface area (Å²) in [5.74, 6) is 0.637. The number of Topliss-reactive ketones (excluding diaryl/α,β-unsaturated/α-hetero) is 2. The molecule has 0 bridgehead atoms. The first-order chi connectivity index (χ1) is 17.0. The van der Waals surface area contributed by atoms with Gasteiger partial charge in [0.2, 0.25) is 11.6 Å². The lowest BCUT2D eigenvalue weighted by atomic mass is 9.73. The third kappa shape index (κ3) is 7.38. The Morgan fingerprint density at radius 3 is 1.66 bits per heavy atom. The minimum absolute atomic E-state index is 0.167. The van der Waals surface area contributed by atoms with Crippen molar-refractivity contribution in [3.8, 4) is 0 Å². The molecular weight excluding hydrogens is 428 g/mol. The molecular formula is C33H48O2. The van der Waals surface area contributed by atoms with Crippen LogP contribution in [0.15, 0.2) is 42.5 Å². The van der Waals surface area contributed by atoms with E-state index in [4.69, 9.17) is 0 Å². The zero-order valence-corrected chi connectivity index (χ0v) is 23.2. The first-order valence-corrected chi connectivity index (χ1v) is 14.2. The van der Waals surface area contributed by atoms with E-state index < -0.39 is 0 Å². The summed E-state index contributed by atoms with van der Waals surface area (Å²) in [6, 6.07) is 13.9. The highest BCUT2D eigenvalue weighted by Gasteiger charge is 2.30. The van der Waals surface area contributed by atoms with Crippen molar-refractivity contribution >= 4 is 11.6 Å². The summed E-state index contributed by atoms with van der Waals surface area (Å²) in [7, 11) is 0. The van der Waals surface area contributed by atoms with E-state index in [-0.39, 0.29) is 18.0 Å². The molecule has 0 aliphatic heterocycles. The van der Waals surface area contributed by atoms with Gasteiger partial charge in [0.25, 0.3) is 0 Å². The molecule has 0 heterocycles. The van der Waals surface area contributed by atoms with Crippen molar-refractivity contribution in [2.24, 2.45) is 0 Å². The highest BCUT2D eigenvalue weighted by molar-refractivity contribution is 6.44.